The summed E-state index contributed by atoms with van der Waals surface area (Å²) in [7, 11) is 1.50. The topological polar surface area (TPSA) is 208 Å². The maximum atomic E-state index is 14.1. The molecule has 2 heterocycles. The minimum absolute atomic E-state index is 0.0474. The number of hydrogen-bond acceptors (Lipinski definition) is 10. The molecular formula is C48H68ClN5O9. The largest absolute Gasteiger partial charge is 0.495 e. The molecule has 2 aliphatic heterocycles. The van der Waals surface area contributed by atoms with E-state index in [9.17, 15) is 28.8 Å². The molecular weight excluding hydrogens is 826 g/mol. The van der Waals surface area contributed by atoms with Crippen LogP contribution in [-0.4, -0.2) is 84.9 Å². The molecule has 4 rings (SSSR count). The van der Waals surface area contributed by atoms with E-state index in [0.717, 1.165) is 11.1 Å². The van der Waals surface area contributed by atoms with Gasteiger partial charge in [-0.05, 0) is 86.8 Å². The monoisotopic (exact) mass is 893 g/mol. The smallest absolute Gasteiger partial charge is 0.328 e. The lowest BCUT2D eigenvalue weighted by Crippen LogP contribution is -2.58. The minimum Gasteiger partial charge on any atom is -0.495 e. The first-order chi connectivity index (χ1) is 29.4. The van der Waals surface area contributed by atoms with Gasteiger partial charge in [-0.25, -0.2) is 4.79 Å². The van der Waals surface area contributed by atoms with Crippen molar-refractivity contribution in [1.82, 2.24) is 21.3 Å². The fourth-order valence-corrected chi connectivity index (χ4v) is 7.59. The molecule has 0 bridgehead atoms. The second kappa shape index (κ2) is 21.7. The molecule has 1 saturated heterocycles. The number of rotatable bonds is 14. The van der Waals surface area contributed by atoms with Crippen LogP contribution in [0.2, 0.25) is 5.02 Å². The molecule has 0 aliphatic carbocycles. The Bertz CT molecular complexity index is 2000. The Morgan fingerprint density at radius 1 is 0.968 bits per heavy atom. The highest BCUT2D eigenvalue weighted by Gasteiger charge is 2.48. The third-order valence-electron chi connectivity index (χ3n) is 12.1. The Labute approximate surface area is 377 Å². The van der Waals surface area contributed by atoms with Crippen LogP contribution >= 0.6 is 11.6 Å². The Morgan fingerprint density at radius 2 is 1.62 bits per heavy atom. The van der Waals surface area contributed by atoms with Crippen LogP contribution in [0.5, 0.6) is 5.75 Å². The van der Waals surface area contributed by atoms with E-state index >= 15 is 0 Å². The van der Waals surface area contributed by atoms with Crippen molar-refractivity contribution in [2.24, 2.45) is 28.4 Å². The van der Waals surface area contributed by atoms with Gasteiger partial charge in [0.2, 0.25) is 23.6 Å². The number of methoxy groups -OCH3 is 1. The molecule has 1 fully saturated rings. The van der Waals surface area contributed by atoms with E-state index in [0.29, 0.717) is 22.8 Å². The number of aryl methyl sites for hydroxylation is 1. The van der Waals surface area contributed by atoms with Gasteiger partial charge in [-0.3, -0.25) is 24.0 Å². The fraction of sp³-hybridized carbons (Fsp3) is 0.583. The highest BCUT2D eigenvalue weighted by molar-refractivity contribution is 6.32. The Morgan fingerprint density at radius 3 is 2.22 bits per heavy atom. The second-order valence-electron chi connectivity index (χ2n) is 19.2. The van der Waals surface area contributed by atoms with Gasteiger partial charge in [-0.15, -0.1) is 0 Å². The summed E-state index contributed by atoms with van der Waals surface area (Å²) in [5.74, 6) is -2.46. The van der Waals surface area contributed by atoms with Crippen molar-refractivity contribution >= 4 is 47.0 Å². The molecule has 15 heteroatoms. The van der Waals surface area contributed by atoms with E-state index in [4.69, 9.17) is 31.5 Å². The zero-order chi connectivity index (χ0) is 47.0. The average Bonchev–Trinajstić information content (AvgIpc) is 4.01. The van der Waals surface area contributed by atoms with Crippen LogP contribution < -0.4 is 31.7 Å². The standard InChI is InChI=1S/C48H68ClN5O9/c1-26(2)40(50)44(58)51-28(4)36(55)21-17-30-15-19-32(20-16-30)42-41(63-42)27(3)37-13-12-14-39(56)53-34(24-31-18-22-38(61-11)33(49)23-31)43(57)52-29(5)48(9,10)46(60)54-35(45(59)62-37)25-47(6,7)8/h12,14-16,18-20,22-23,26-29,34-35,37,40-42H,13,17,21,24-25,50H2,1-11H3,(H,51,58)(H,52,57)(H,53,56)(H,54,60)/b14-12+/t27-,28-,29?,34+,35-,37-,40-,41+,42+/m0/s1. The number of cyclic esters (lactones) is 1. The number of nitrogens with one attached hydrogen (secondary N) is 4. The lowest BCUT2D eigenvalue weighted by molar-refractivity contribution is -0.157. The van der Waals surface area contributed by atoms with Gasteiger partial charge >= 0.3 is 5.97 Å². The molecule has 2 aromatic carbocycles. The number of halogens is 1. The van der Waals surface area contributed by atoms with E-state index in [1.165, 1.54) is 13.2 Å². The molecule has 0 aromatic heterocycles. The molecule has 14 nitrogen and oxygen atoms in total. The zero-order valence-electron chi connectivity index (χ0n) is 38.6. The van der Waals surface area contributed by atoms with Crippen LogP contribution in [-0.2, 0) is 51.1 Å². The van der Waals surface area contributed by atoms with Crippen LogP contribution in [0.3, 0.4) is 0 Å². The van der Waals surface area contributed by atoms with Gasteiger partial charge in [0.1, 0.15) is 30.0 Å². The van der Waals surface area contributed by atoms with Gasteiger partial charge in [-0.1, -0.05) is 89.6 Å². The fourth-order valence-electron chi connectivity index (χ4n) is 7.31. The summed E-state index contributed by atoms with van der Waals surface area (Å²) in [6.45, 7) is 18.3. The number of ether oxygens (including phenoxy) is 3. The summed E-state index contributed by atoms with van der Waals surface area (Å²) in [4.78, 5) is 80.6. The molecule has 0 radical (unpaired) electrons. The van der Waals surface area contributed by atoms with E-state index in [2.05, 4.69) is 21.3 Å². The van der Waals surface area contributed by atoms with Crippen LogP contribution in [0, 0.1) is 22.7 Å². The molecule has 9 atom stereocenters. The highest BCUT2D eigenvalue weighted by atomic mass is 35.5. The first-order valence-corrected chi connectivity index (χ1v) is 22.2. The minimum atomic E-state index is -1.19. The van der Waals surface area contributed by atoms with Crippen molar-refractivity contribution in [3.05, 3.63) is 76.3 Å². The summed E-state index contributed by atoms with van der Waals surface area (Å²) in [5, 5.41) is 11.7. The molecule has 0 spiro atoms. The van der Waals surface area contributed by atoms with Gasteiger partial charge in [0.15, 0.2) is 5.78 Å². The molecule has 63 heavy (non-hydrogen) atoms. The van der Waals surface area contributed by atoms with Crippen LogP contribution in [0.25, 0.3) is 0 Å². The number of hydrogen-bond donors (Lipinski definition) is 5. The van der Waals surface area contributed by atoms with E-state index in [1.807, 2.05) is 65.8 Å². The van der Waals surface area contributed by atoms with Crippen LogP contribution in [0.4, 0.5) is 0 Å². The number of Topliss-reactive ketones (excluding diaryl/α,β-unsaturated/α-hetero) is 1. The van der Waals surface area contributed by atoms with Crippen molar-refractivity contribution in [2.45, 2.75) is 150 Å². The van der Waals surface area contributed by atoms with Gasteiger partial charge in [0, 0.05) is 31.2 Å². The lowest BCUT2D eigenvalue weighted by Gasteiger charge is -2.35. The van der Waals surface area contributed by atoms with Crippen molar-refractivity contribution in [3.63, 3.8) is 0 Å². The number of nitrogens with two attached hydrogens (primary N) is 1. The van der Waals surface area contributed by atoms with Gasteiger partial charge in [-0.2, -0.15) is 0 Å². The summed E-state index contributed by atoms with van der Waals surface area (Å²) >= 11 is 6.39. The predicted molar refractivity (Wildman–Crippen MR) is 242 cm³/mol. The van der Waals surface area contributed by atoms with E-state index < -0.39 is 65.4 Å². The van der Waals surface area contributed by atoms with Gasteiger partial charge in [0.25, 0.3) is 0 Å². The Balaban J connectivity index is 1.54. The highest BCUT2D eigenvalue weighted by Crippen LogP contribution is 2.45. The average molecular weight is 895 g/mol. The molecule has 1 unspecified atom stereocenters. The summed E-state index contributed by atoms with van der Waals surface area (Å²) in [5.41, 5.74) is 6.90. The van der Waals surface area contributed by atoms with Gasteiger partial charge in [0.05, 0.1) is 35.7 Å². The number of benzene rings is 2. The Kier molecular flexibility index (Phi) is 17.5. The summed E-state index contributed by atoms with van der Waals surface area (Å²) < 4.78 is 17.7. The number of ketones is 1. The maximum absolute atomic E-state index is 14.1. The Hall–Kier alpha value is -4.79. The molecule has 346 valence electrons. The number of carbonyl (C=O) groups is 6. The van der Waals surface area contributed by atoms with Crippen molar-refractivity contribution in [2.75, 3.05) is 7.11 Å². The normalized spacial score (nSPS) is 25.4. The van der Waals surface area contributed by atoms with E-state index in [1.54, 1.807) is 52.0 Å². The molecule has 0 saturated carbocycles. The maximum Gasteiger partial charge on any atom is 0.328 e. The SMILES string of the molecule is COc1ccc(C[C@H]2NC(=O)/C=C/C[C@@H]([C@H](C)[C@H]3O[C@@H]3c3ccc(CCC(=O)[C@H](C)NC(=O)[C@@H](N)C(C)C)cc3)OC(=O)[C@H](CC(C)(C)C)NC(=O)C(C)(C)C(C)NC2=O)cc1Cl. The summed E-state index contributed by atoms with van der Waals surface area (Å²) in [6.07, 6.45) is 2.82. The van der Waals surface area contributed by atoms with Crippen molar-refractivity contribution < 1.29 is 43.0 Å². The first-order valence-electron chi connectivity index (χ1n) is 21.9. The van der Waals surface area contributed by atoms with Crippen LogP contribution in [0.1, 0.15) is 111 Å². The van der Waals surface area contributed by atoms with E-state index in [-0.39, 0.29) is 66.8 Å². The third kappa shape index (κ3) is 14.4. The molecule has 2 aliphatic rings. The molecule has 2 aromatic rings. The quantitative estimate of drug-likeness (QED) is 0.120. The predicted octanol–water partition coefficient (Wildman–Crippen LogP) is 5.47. The number of epoxide rings is 1. The number of esters is 1. The first kappa shape index (κ1) is 50.9. The van der Waals surface area contributed by atoms with Gasteiger partial charge < -0.3 is 41.2 Å². The summed E-state index contributed by atoms with van der Waals surface area (Å²) in [6, 6.07) is 8.81. The molecule has 4 amide bonds. The number of amides is 4. The number of carbonyl (C=O) groups excluding carboxylic acids is 6. The lowest BCUT2D eigenvalue weighted by atomic mass is 9.82. The van der Waals surface area contributed by atoms with Crippen molar-refractivity contribution in [3.8, 4) is 5.75 Å². The van der Waals surface area contributed by atoms with Crippen molar-refractivity contribution in [1.29, 1.82) is 0 Å². The second-order valence-corrected chi connectivity index (χ2v) is 19.6. The third-order valence-corrected chi connectivity index (χ3v) is 12.4. The molecule has 6 N–H and O–H groups in total. The zero-order valence-corrected chi connectivity index (χ0v) is 39.4. The van der Waals surface area contributed by atoms with Crippen LogP contribution in [0.15, 0.2) is 54.6 Å².